The first-order chi connectivity index (χ1) is 19.8. The van der Waals surface area contributed by atoms with Crippen molar-refractivity contribution in [1.82, 2.24) is 39.5 Å². The van der Waals surface area contributed by atoms with Crippen molar-refractivity contribution in [3.05, 3.63) is 70.7 Å². The van der Waals surface area contributed by atoms with Gasteiger partial charge in [0.05, 0.1) is 40.7 Å². The van der Waals surface area contributed by atoms with Crippen LogP contribution in [0.3, 0.4) is 0 Å². The molecule has 1 amide bonds. The maximum atomic E-state index is 15.6. The Labute approximate surface area is 241 Å². The van der Waals surface area contributed by atoms with Gasteiger partial charge in [-0.3, -0.25) is 4.68 Å². The number of hydrogen-bond donors (Lipinski definition) is 0. The monoisotopic (exact) mass is 574 g/mol. The van der Waals surface area contributed by atoms with Crippen LogP contribution < -0.4 is 0 Å². The van der Waals surface area contributed by atoms with Gasteiger partial charge in [-0.05, 0) is 76.9 Å². The van der Waals surface area contributed by atoms with E-state index in [0.717, 1.165) is 11.3 Å². The number of nitrogens with zero attached hydrogens (tertiary/aromatic N) is 8. The molecule has 0 aliphatic carbocycles. The molecule has 0 radical (unpaired) electrons. The standard InChI is InChI=1S/C30H32F2N8O2/c1-16-12-19(13-17(2)26(16)31)40-28(25-18(3)38(11-10-22(25)35-40)29(41)42-30(4,5)6)39-15-23(34-36-39)20-8-9-24-21(27(20)32)14-33-37(24)7/h8-9,12-15,18H,10-11H2,1-7H3/t18-/m0/s1. The Bertz CT molecular complexity index is 1840. The van der Waals surface area contributed by atoms with Gasteiger partial charge in [-0.2, -0.15) is 10.2 Å². The first-order valence-electron chi connectivity index (χ1n) is 13.8. The number of carbonyl (C=O) groups is 1. The number of rotatable bonds is 3. The maximum Gasteiger partial charge on any atom is 0.410 e. The molecule has 5 aromatic rings. The lowest BCUT2D eigenvalue weighted by molar-refractivity contribution is 0.0159. The van der Waals surface area contributed by atoms with Gasteiger partial charge in [-0.15, -0.1) is 5.10 Å². The molecule has 12 heteroatoms. The Balaban J connectivity index is 1.51. The summed E-state index contributed by atoms with van der Waals surface area (Å²) in [6.45, 7) is 11.2. The summed E-state index contributed by atoms with van der Waals surface area (Å²) in [5.74, 6) is -0.207. The minimum atomic E-state index is -0.659. The topological polar surface area (TPSA) is 95.9 Å². The van der Waals surface area contributed by atoms with Crippen molar-refractivity contribution in [3.63, 3.8) is 0 Å². The average molecular weight is 575 g/mol. The van der Waals surface area contributed by atoms with E-state index in [0.29, 0.717) is 52.2 Å². The van der Waals surface area contributed by atoms with Crippen LogP contribution in [0, 0.1) is 25.5 Å². The molecule has 6 rings (SSSR count). The third-order valence-corrected chi connectivity index (χ3v) is 7.59. The van der Waals surface area contributed by atoms with Crippen LogP contribution in [-0.4, -0.2) is 57.7 Å². The van der Waals surface area contributed by atoms with Crippen molar-refractivity contribution in [1.29, 1.82) is 0 Å². The van der Waals surface area contributed by atoms with Crippen LogP contribution in [-0.2, 0) is 18.2 Å². The third kappa shape index (κ3) is 4.50. The van der Waals surface area contributed by atoms with Crippen molar-refractivity contribution >= 4 is 17.0 Å². The highest BCUT2D eigenvalue weighted by atomic mass is 19.1. The molecule has 0 bridgehead atoms. The fourth-order valence-corrected chi connectivity index (χ4v) is 5.55. The number of hydrogen-bond acceptors (Lipinski definition) is 6. The fraction of sp³-hybridized carbons (Fsp3) is 0.367. The van der Waals surface area contributed by atoms with Gasteiger partial charge in [-0.25, -0.2) is 22.9 Å². The zero-order valence-corrected chi connectivity index (χ0v) is 24.6. The molecule has 0 fully saturated rings. The van der Waals surface area contributed by atoms with E-state index < -0.39 is 23.6 Å². The van der Waals surface area contributed by atoms with Gasteiger partial charge >= 0.3 is 6.09 Å². The second-order valence-corrected chi connectivity index (χ2v) is 11.8. The highest BCUT2D eigenvalue weighted by molar-refractivity contribution is 5.84. The van der Waals surface area contributed by atoms with Crippen molar-refractivity contribution in [2.45, 2.75) is 59.6 Å². The number of halogens is 2. The van der Waals surface area contributed by atoms with Gasteiger partial charge in [0.25, 0.3) is 0 Å². The Morgan fingerprint density at radius 3 is 2.50 bits per heavy atom. The van der Waals surface area contributed by atoms with Gasteiger partial charge in [0, 0.05) is 31.1 Å². The van der Waals surface area contributed by atoms with Gasteiger partial charge in [0.2, 0.25) is 0 Å². The zero-order chi connectivity index (χ0) is 30.1. The lowest BCUT2D eigenvalue weighted by atomic mass is 10.00. The fourth-order valence-electron chi connectivity index (χ4n) is 5.55. The van der Waals surface area contributed by atoms with E-state index in [-0.39, 0.29) is 11.4 Å². The van der Waals surface area contributed by atoms with E-state index in [9.17, 15) is 9.18 Å². The third-order valence-electron chi connectivity index (χ3n) is 7.59. The highest BCUT2D eigenvalue weighted by Gasteiger charge is 2.37. The normalized spacial score (nSPS) is 15.4. The van der Waals surface area contributed by atoms with E-state index in [4.69, 9.17) is 9.84 Å². The zero-order valence-electron chi connectivity index (χ0n) is 24.6. The number of ether oxygens (including phenoxy) is 1. The van der Waals surface area contributed by atoms with Crippen LogP contribution in [0.2, 0.25) is 0 Å². The second kappa shape index (κ2) is 9.74. The number of carbonyl (C=O) groups excluding carboxylic acids is 1. The van der Waals surface area contributed by atoms with Crippen molar-refractivity contribution < 1.29 is 18.3 Å². The van der Waals surface area contributed by atoms with Gasteiger partial charge in [0.1, 0.15) is 22.9 Å². The molecule has 10 nitrogen and oxygen atoms in total. The van der Waals surface area contributed by atoms with Crippen LogP contribution >= 0.6 is 0 Å². The van der Waals surface area contributed by atoms with Crippen LogP contribution in [0.15, 0.2) is 36.7 Å². The molecule has 1 aliphatic rings. The molecule has 1 aliphatic heterocycles. The van der Waals surface area contributed by atoms with Gasteiger partial charge in [0.15, 0.2) is 5.82 Å². The second-order valence-electron chi connectivity index (χ2n) is 11.8. The van der Waals surface area contributed by atoms with Crippen LogP contribution in [0.4, 0.5) is 13.6 Å². The molecule has 0 saturated carbocycles. The predicted octanol–water partition coefficient (Wildman–Crippen LogP) is 5.76. The summed E-state index contributed by atoms with van der Waals surface area (Å²) < 4.78 is 40.7. The molecule has 0 N–H and O–H groups in total. The smallest absolute Gasteiger partial charge is 0.410 e. The summed E-state index contributed by atoms with van der Waals surface area (Å²) in [4.78, 5) is 14.8. The summed E-state index contributed by atoms with van der Waals surface area (Å²) in [7, 11) is 1.75. The maximum absolute atomic E-state index is 15.6. The predicted molar refractivity (Wildman–Crippen MR) is 153 cm³/mol. The molecule has 218 valence electrons. The summed E-state index contributed by atoms with van der Waals surface area (Å²) in [5.41, 5.74) is 3.70. The number of benzene rings is 2. The molecule has 0 saturated heterocycles. The average Bonchev–Trinajstić information content (AvgIpc) is 3.64. The minimum absolute atomic E-state index is 0.276. The summed E-state index contributed by atoms with van der Waals surface area (Å²) in [5, 5.41) is 18.2. The lowest BCUT2D eigenvalue weighted by Gasteiger charge is -2.34. The minimum Gasteiger partial charge on any atom is -0.444 e. The molecule has 0 unspecified atom stereocenters. The number of aryl methyl sites for hydroxylation is 3. The molecule has 42 heavy (non-hydrogen) atoms. The molecular weight excluding hydrogens is 542 g/mol. The Kier molecular flexibility index (Phi) is 6.39. The summed E-state index contributed by atoms with van der Waals surface area (Å²) in [6.07, 6.45) is 3.16. The van der Waals surface area contributed by atoms with E-state index in [1.54, 1.807) is 65.6 Å². The SMILES string of the molecule is Cc1cc(-n2nc3c(c2-n2cc(-c4ccc5c(cnn5C)c4F)nn2)[C@H](C)N(C(=O)OC(C)(C)C)CC3)cc(C)c1F. The van der Waals surface area contributed by atoms with E-state index in [2.05, 4.69) is 15.4 Å². The van der Waals surface area contributed by atoms with Crippen molar-refractivity contribution in [2.24, 2.45) is 7.05 Å². The van der Waals surface area contributed by atoms with E-state index in [1.165, 1.54) is 10.9 Å². The number of fused-ring (bicyclic) bond motifs is 2. The summed E-state index contributed by atoms with van der Waals surface area (Å²) >= 11 is 0. The number of amides is 1. The van der Waals surface area contributed by atoms with Crippen molar-refractivity contribution in [3.8, 4) is 22.8 Å². The first-order valence-corrected chi connectivity index (χ1v) is 13.8. The molecule has 1 atom stereocenters. The quantitative estimate of drug-likeness (QED) is 0.272. The first kappa shape index (κ1) is 27.6. The Morgan fingerprint density at radius 1 is 1.10 bits per heavy atom. The molecule has 0 spiro atoms. The largest absolute Gasteiger partial charge is 0.444 e. The molecule has 3 aromatic heterocycles. The van der Waals surface area contributed by atoms with Crippen LogP contribution in [0.1, 0.15) is 56.1 Å². The summed E-state index contributed by atoms with van der Waals surface area (Å²) in [6, 6.07) is 6.45. The molecule has 4 heterocycles. The Morgan fingerprint density at radius 2 is 1.81 bits per heavy atom. The van der Waals surface area contributed by atoms with E-state index in [1.807, 2.05) is 27.7 Å². The highest BCUT2D eigenvalue weighted by Crippen LogP contribution is 2.37. The molecular formula is C30H32F2N8O2. The van der Waals surface area contributed by atoms with Gasteiger partial charge < -0.3 is 9.64 Å². The van der Waals surface area contributed by atoms with Crippen LogP contribution in [0.5, 0.6) is 0 Å². The van der Waals surface area contributed by atoms with Crippen LogP contribution in [0.25, 0.3) is 33.7 Å². The van der Waals surface area contributed by atoms with Gasteiger partial charge in [-0.1, -0.05) is 5.21 Å². The van der Waals surface area contributed by atoms with E-state index >= 15 is 4.39 Å². The van der Waals surface area contributed by atoms with Crippen molar-refractivity contribution in [2.75, 3.05) is 6.54 Å². The lowest BCUT2D eigenvalue weighted by Crippen LogP contribution is -2.42. The molecule has 2 aromatic carbocycles. The number of aromatic nitrogens is 7. The Hall–Kier alpha value is -4.61.